The molecule has 0 N–H and O–H groups in total. The van der Waals surface area contributed by atoms with Crippen molar-refractivity contribution in [3.8, 4) is 17.2 Å². The van der Waals surface area contributed by atoms with Gasteiger partial charge in [-0.1, -0.05) is 18.2 Å². The van der Waals surface area contributed by atoms with Crippen LogP contribution in [0, 0.1) is 0 Å². The van der Waals surface area contributed by atoms with Crippen LogP contribution in [-0.4, -0.2) is 36.6 Å². The van der Waals surface area contributed by atoms with Gasteiger partial charge in [0.25, 0.3) is 0 Å². The maximum Gasteiger partial charge on any atom is 0.435 e. The number of benzene rings is 2. The average Bonchev–Trinajstić information content (AvgIpc) is 2.70. The van der Waals surface area contributed by atoms with Crippen molar-refractivity contribution in [3.63, 3.8) is 0 Å². The molecule has 1 aliphatic heterocycles. The predicted molar refractivity (Wildman–Crippen MR) is 104 cm³/mol. The van der Waals surface area contributed by atoms with Crippen molar-refractivity contribution in [1.82, 2.24) is 5.01 Å². The SMILES string of the molecule is CCOc1ccc(C2=NN(C(=O)Oc3ccccc3)CCC2)cc1OCC. The molecule has 0 saturated heterocycles. The van der Waals surface area contributed by atoms with Gasteiger partial charge in [-0.3, -0.25) is 0 Å². The first kappa shape index (κ1) is 18.8. The maximum atomic E-state index is 12.4. The largest absolute Gasteiger partial charge is 0.490 e. The van der Waals surface area contributed by atoms with Crippen molar-refractivity contribution in [2.75, 3.05) is 19.8 Å². The minimum absolute atomic E-state index is 0.477. The highest BCUT2D eigenvalue weighted by Gasteiger charge is 2.22. The second-order valence-corrected chi connectivity index (χ2v) is 5.98. The van der Waals surface area contributed by atoms with Gasteiger partial charge in [0.2, 0.25) is 0 Å². The van der Waals surface area contributed by atoms with Crippen molar-refractivity contribution in [2.24, 2.45) is 5.10 Å². The standard InChI is InChI=1S/C21H24N2O4/c1-3-25-19-13-12-16(15-20(19)26-4-2)18-11-8-14-23(22-18)21(24)27-17-9-6-5-7-10-17/h5-7,9-10,12-13,15H,3-4,8,11,14H2,1-2H3. The summed E-state index contributed by atoms with van der Waals surface area (Å²) in [6.07, 6.45) is 1.13. The van der Waals surface area contributed by atoms with Crippen LogP contribution in [0.3, 0.4) is 0 Å². The molecular formula is C21H24N2O4. The molecule has 1 aliphatic rings. The molecule has 0 radical (unpaired) electrons. The third-order valence-corrected chi connectivity index (χ3v) is 4.06. The number of carbonyl (C=O) groups is 1. The maximum absolute atomic E-state index is 12.4. The van der Waals surface area contributed by atoms with Crippen molar-refractivity contribution >= 4 is 11.8 Å². The first-order chi connectivity index (χ1) is 13.2. The molecule has 6 heteroatoms. The number of carbonyl (C=O) groups excluding carboxylic acids is 1. The van der Waals surface area contributed by atoms with Crippen LogP contribution < -0.4 is 14.2 Å². The molecular weight excluding hydrogens is 344 g/mol. The van der Waals surface area contributed by atoms with Gasteiger partial charge in [-0.05, 0) is 57.0 Å². The monoisotopic (exact) mass is 368 g/mol. The molecule has 3 rings (SSSR count). The summed E-state index contributed by atoms with van der Waals surface area (Å²) in [6.45, 7) is 5.52. The Morgan fingerprint density at radius 1 is 1.04 bits per heavy atom. The number of ether oxygens (including phenoxy) is 3. The van der Waals surface area contributed by atoms with Gasteiger partial charge in [-0.15, -0.1) is 0 Å². The first-order valence-electron chi connectivity index (χ1n) is 9.23. The molecule has 1 heterocycles. The third-order valence-electron chi connectivity index (χ3n) is 4.06. The van der Waals surface area contributed by atoms with Crippen LogP contribution >= 0.6 is 0 Å². The smallest absolute Gasteiger partial charge is 0.435 e. The molecule has 0 bridgehead atoms. The molecule has 0 saturated carbocycles. The Balaban J connectivity index is 1.79. The summed E-state index contributed by atoms with van der Waals surface area (Å²) in [7, 11) is 0. The summed E-state index contributed by atoms with van der Waals surface area (Å²) in [4.78, 5) is 12.4. The number of hydrazone groups is 1. The number of para-hydroxylation sites is 1. The second kappa shape index (κ2) is 9.07. The molecule has 2 aromatic rings. The highest BCUT2D eigenvalue weighted by atomic mass is 16.6. The number of nitrogens with zero attached hydrogens (tertiary/aromatic N) is 2. The Hall–Kier alpha value is -3.02. The lowest BCUT2D eigenvalue weighted by atomic mass is 10.0. The summed E-state index contributed by atoms with van der Waals surface area (Å²) in [5.74, 6) is 1.90. The number of hydrogen-bond donors (Lipinski definition) is 0. The van der Waals surface area contributed by atoms with Gasteiger partial charge < -0.3 is 14.2 Å². The van der Waals surface area contributed by atoms with Gasteiger partial charge in [0.15, 0.2) is 11.5 Å². The zero-order chi connectivity index (χ0) is 19.1. The summed E-state index contributed by atoms with van der Waals surface area (Å²) in [5, 5.41) is 5.88. The predicted octanol–water partition coefficient (Wildman–Crippen LogP) is 4.48. The Bertz CT molecular complexity index is 805. The second-order valence-electron chi connectivity index (χ2n) is 5.98. The molecule has 0 unspecified atom stereocenters. The average molecular weight is 368 g/mol. The zero-order valence-electron chi connectivity index (χ0n) is 15.7. The van der Waals surface area contributed by atoms with Crippen LogP contribution in [0.2, 0.25) is 0 Å². The van der Waals surface area contributed by atoms with Gasteiger partial charge in [0.1, 0.15) is 5.75 Å². The molecule has 0 aromatic heterocycles. The number of hydrogen-bond acceptors (Lipinski definition) is 5. The van der Waals surface area contributed by atoms with Gasteiger partial charge in [0.05, 0.1) is 18.9 Å². The summed E-state index contributed by atoms with van der Waals surface area (Å²) in [6, 6.07) is 14.7. The van der Waals surface area contributed by atoms with Crippen LogP contribution in [0.15, 0.2) is 53.6 Å². The zero-order valence-corrected chi connectivity index (χ0v) is 15.7. The summed E-state index contributed by atoms with van der Waals surface area (Å²) in [5.41, 5.74) is 1.74. The Morgan fingerprint density at radius 3 is 2.52 bits per heavy atom. The van der Waals surface area contributed by atoms with E-state index >= 15 is 0 Å². The Kier molecular flexibility index (Phi) is 6.30. The quantitative estimate of drug-likeness (QED) is 0.754. The molecule has 0 aliphatic carbocycles. The molecule has 6 nitrogen and oxygen atoms in total. The fraction of sp³-hybridized carbons (Fsp3) is 0.333. The lowest BCUT2D eigenvalue weighted by Gasteiger charge is -2.23. The van der Waals surface area contributed by atoms with E-state index in [9.17, 15) is 4.79 Å². The van der Waals surface area contributed by atoms with E-state index in [4.69, 9.17) is 14.2 Å². The van der Waals surface area contributed by atoms with Gasteiger partial charge >= 0.3 is 6.09 Å². The van der Waals surface area contributed by atoms with Crippen molar-refractivity contribution < 1.29 is 19.0 Å². The first-order valence-corrected chi connectivity index (χ1v) is 9.23. The van der Waals surface area contributed by atoms with Crippen LogP contribution in [0.4, 0.5) is 4.79 Å². The fourth-order valence-corrected chi connectivity index (χ4v) is 2.85. The van der Waals surface area contributed by atoms with Crippen LogP contribution in [0.5, 0.6) is 17.2 Å². The molecule has 142 valence electrons. The summed E-state index contributed by atoms with van der Waals surface area (Å²) >= 11 is 0. The Labute approximate surface area is 159 Å². The van der Waals surface area contributed by atoms with E-state index in [0.717, 1.165) is 24.1 Å². The number of rotatable bonds is 6. The van der Waals surface area contributed by atoms with Crippen molar-refractivity contribution in [1.29, 1.82) is 0 Å². The van der Waals surface area contributed by atoms with E-state index in [-0.39, 0.29) is 0 Å². The van der Waals surface area contributed by atoms with Gasteiger partial charge in [-0.25, -0.2) is 4.79 Å². The van der Waals surface area contributed by atoms with Crippen LogP contribution in [0.25, 0.3) is 0 Å². The van der Waals surface area contributed by atoms with E-state index in [1.54, 1.807) is 12.1 Å². The van der Waals surface area contributed by atoms with E-state index in [2.05, 4.69) is 5.10 Å². The van der Waals surface area contributed by atoms with Crippen molar-refractivity contribution in [3.05, 3.63) is 54.1 Å². The lowest BCUT2D eigenvalue weighted by molar-refractivity contribution is 0.151. The molecule has 0 fully saturated rings. The minimum Gasteiger partial charge on any atom is -0.490 e. The molecule has 0 spiro atoms. The van der Waals surface area contributed by atoms with E-state index in [0.29, 0.717) is 37.0 Å². The Morgan fingerprint density at radius 2 is 1.78 bits per heavy atom. The van der Waals surface area contributed by atoms with E-state index in [1.165, 1.54) is 5.01 Å². The highest BCUT2D eigenvalue weighted by molar-refractivity contribution is 6.01. The summed E-state index contributed by atoms with van der Waals surface area (Å²) < 4.78 is 16.7. The third kappa shape index (κ3) is 4.78. The number of amides is 1. The molecule has 1 amide bonds. The fourth-order valence-electron chi connectivity index (χ4n) is 2.85. The lowest BCUT2D eigenvalue weighted by Crippen LogP contribution is -2.34. The van der Waals surface area contributed by atoms with Gasteiger partial charge in [-0.2, -0.15) is 10.1 Å². The molecule has 0 atom stereocenters. The normalized spacial score (nSPS) is 13.7. The minimum atomic E-state index is -0.477. The van der Waals surface area contributed by atoms with Crippen LogP contribution in [-0.2, 0) is 0 Å². The van der Waals surface area contributed by atoms with Crippen molar-refractivity contribution in [2.45, 2.75) is 26.7 Å². The van der Waals surface area contributed by atoms with Crippen LogP contribution in [0.1, 0.15) is 32.3 Å². The topological polar surface area (TPSA) is 60.4 Å². The molecule has 2 aromatic carbocycles. The van der Waals surface area contributed by atoms with E-state index < -0.39 is 6.09 Å². The highest BCUT2D eigenvalue weighted by Crippen LogP contribution is 2.30. The molecule has 27 heavy (non-hydrogen) atoms. The van der Waals surface area contributed by atoms with E-state index in [1.807, 2.05) is 50.2 Å². The van der Waals surface area contributed by atoms with Gasteiger partial charge in [0, 0.05) is 12.1 Å².